The van der Waals surface area contributed by atoms with Crippen LogP contribution >= 0.6 is 11.6 Å². The van der Waals surface area contributed by atoms with E-state index in [1.165, 1.54) is 7.11 Å². The fourth-order valence-corrected chi connectivity index (χ4v) is 1.56. The van der Waals surface area contributed by atoms with Crippen molar-refractivity contribution in [3.05, 3.63) is 28.6 Å². The van der Waals surface area contributed by atoms with E-state index in [2.05, 4.69) is 9.72 Å². The van der Waals surface area contributed by atoms with Crippen molar-refractivity contribution in [2.75, 3.05) is 7.11 Å². The fraction of sp³-hybridized carbons (Fsp3) is 0.364. The summed E-state index contributed by atoms with van der Waals surface area (Å²) in [5.74, 6) is -0.830. The number of hydrogen-bond acceptors (Lipinski definition) is 4. The van der Waals surface area contributed by atoms with Crippen LogP contribution in [-0.2, 0) is 21.8 Å². The normalized spacial score (nSPS) is 10.2. The summed E-state index contributed by atoms with van der Waals surface area (Å²) in [4.78, 5) is 15.0. The molecule has 0 unspecified atom stereocenters. The molecule has 0 amide bonds. The van der Waals surface area contributed by atoms with Gasteiger partial charge in [-0.2, -0.15) is 5.26 Å². The number of hydrogen-bond donors (Lipinski definition) is 0. The predicted octanol–water partition coefficient (Wildman–Crippen LogP) is 2.35. The van der Waals surface area contributed by atoms with E-state index < -0.39 is 18.0 Å². The van der Waals surface area contributed by atoms with Gasteiger partial charge in [0.25, 0.3) is 6.43 Å². The molecule has 0 aliphatic heterocycles. The molecule has 4 nitrogen and oxygen atoms in total. The zero-order chi connectivity index (χ0) is 13.7. The van der Waals surface area contributed by atoms with E-state index in [9.17, 15) is 13.6 Å². The van der Waals surface area contributed by atoms with Crippen molar-refractivity contribution in [3.63, 3.8) is 0 Å². The van der Waals surface area contributed by atoms with Crippen LogP contribution < -0.4 is 0 Å². The Labute approximate surface area is 107 Å². The molecule has 96 valence electrons. The van der Waals surface area contributed by atoms with Gasteiger partial charge in [-0.25, -0.2) is 8.78 Å². The third-order valence-corrected chi connectivity index (χ3v) is 2.49. The molecule has 1 aromatic rings. The molecule has 0 N–H and O–H groups in total. The van der Waals surface area contributed by atoms with Gasteiger partial charge in [0, 0.05) is 5.56 Å². The summed E-state index contributed by atoms with van der Waals surface area (Å²) >= 11 is 5.52. The highest BCUT2D eigenvalue weighted by molar-refractivity contribution is 6.17. The third-order valence-electron chi connectivity index (χ3n) is 2.24. The number of aromatic nitrogens is 1. The van der Waals surface area contributed by atoms with Gasteiger partial charge in [-0.05, 0) is 6.07 Å². The number of esters is 1. The molecule has 7 heteroatoms. The monoisotopic (exact) mass is 274 g/mol. The highest BCUT2D eigenvalue weighted by atomic mass is 35.5. The molecular weight excluding hydrogens is 266 g/mol. The molecule has 0 aromatic carbocycles. The largest absolute Gasteiger partial charge is 0.469 e. The van der Waals surface area contributed by atoms with Gasteiger partial charge in [-0.3, -0.25) is 9.78 Å². The van der Waals surface area contributed by atoms with Gasteiger partial charge in [0.2, 0.25) is 0 Å². The number of carbonyl (C=O) groups is 1. The number of carbonyl (C=O) groups excluding carboxylic acids is 1. The zero-order valence-corrected chi connectivity index (χ0v) is 10.2. The maximum absolute atomic E-state index is 12.7. The van der Waals surface area contributed by atoms with E-state index in [1.807, 2.05) is 0 Å². The van der Waals surface area contributed by atoms with Crippen LogP contribution in [0.2, 0.25) is 0 Å². The number of methoxy groups -OCH3 is 1. The standard InChI is InChI=1S/C11H9ClF2N2O2/c1-18-10(17)3-8-6(5-15)2-7(11(13)14)9(4-12)16-8/h2,11H,3-4H2,1H3. The predicted molar refractivity (Wildman–Crippen MR) is 59.2 cm³/mol. The third kappa shape index (κ3) is 3.14. The maximum Gasteiger partial charge on any atom is 0.311 e. The van der Waals surface area contributed by atoms with Crippen molar-refractivity contribution in [2.45, 2.75) is 18.7 Å². The Balaban J connectivity index is 3.27. The van der Waals surface area contributed by atoms with E-state index >= 15 is 0 Å². The lowest BCUT2D eigenvalue weighted by molar-refractivity contribution is -0.139. The van der Waals surface area contributed by atoms with Gasteiger partial charge < -0.3 is 4.74 Å². The first kappa shape index (κ1) is 14.3. The van der Waals surface area contributed by atoms with E-state index in [1.54, 1.807) is 6.07 Å². The van der Waals surface area contributed by atoms with Gasteiger partial charge >= 0.3 is 5.97 Å². The smallest absolute Gasteiger partial charge is 0.311 e. The van der Waals surface area contributed by atoms with Crippen LogP contribution in [0.25, 0.3) is 0 Å². The lowest BCUT2D eigenvalue weighted by atomic mass is 10.1. The Morgan fingerprint density at radius 1 is 1.61 bits per heavy atom. The number of nitriles is 1. The van der Waals surface area contributed by atoms with E-state index in [-0.39, 0.29) is 29.3 Å². The number of halogens is 3. The SMILES string of the molecule is COC(=O)Cc1nc(CCl)c(C(F)F)cc1C#N. The fourth-order valence-electron chi connectivity index (χ4n) is 1.35. The Morgan fingerprint density at radius 3 is 2.72 bits per heavy atom. The lowest BCUT2D eigenvalue weighted by Crippen LogP contribution is -2.10. The van der Waals surface area contributed by atoms with Crippen LogP contribution in [0.15, 0.2) is 6.07 Å². The summed E-state index contributed by atoms with van der Waals surface area (Å²) < 4.78 is 29.8. The zero-order valence-electron chi connectivity index (χ0n) is 9.41. The summed E-state index contributed by atoms with van der Waals surface area (Å²) in [6, 6.07) is 2.73. The van der Waals surface area contributed by atoms with Crippen LogP contribution in [-0.4, -0.2) is 18.1 Å². The Morgan fingerprint density at radius 2 is 2.28 bits per heavy atom. The number of nitrogens with zero attached hydrogens (tertiary/aromatic N) is 2. The molecule has 0 saturated carbocycles. The minimum absolute atomic E-state index is 0.0374. The lowest BCUT2D eigenvalue weighted by Gasteiger charge is -2.09. The molecule has 1 rings (SSSR count). The number of pyridine rings is 1. The van der Waals surface area contributed by atoms with Crippen LogP contribution in [0, 0.1) is 11.3 Å². The summed E-state index contributed by atoms with van der Waals surface area (Å²) in [6.07, 6.45) is -3.03. The first-order valence-corrected chi connectivity index (χ1v) is 5.40. The highest BCUT2D eigenvalue weighted by Crippen LogP contribution is 2.25. The minimum Gasteiger partial charge on any atom is -0.469 e. The molecular formula is C11H9ClF2N2O2. The quantitative estimate of drug-likeness (QED) is 0.624. The molecule has 0 fully saturated rings. The first-order valence-electron chi connectivity index (χ1n) is 4.87. The number of ether oxygens (including phenoxy) is 1. The Kier molecular flexibility index (Phi) is 4.98. The second-order valence-electron chi connectivity index (χ2n) is 3.32. The van der Waals surface area contributed by atoms with E-state index in [0.29, 0.717) is 0 Å². The molecule has 0 atom stereocenters. The first-order chi connectivity index (χ1) is 8.53. The number of rotatable bonds is 4. The van der Waals surface area contributed by atoms with Gasteiger partial charge in [0.1, 0.15) is 6.07 Å². The van der Waals surface area contributed by atoms with Crippen molar-refractivity contribution < 1.29 is 18.3 Å². The number of alkyl halides is 3. The van der Waals surface area contributed by atoms with Gasteiger partial charge in [0.05, 0.1) is 36.4 Å². The van der Waals surface area contributed by atoms with Crippen molar-refractivity contribution >= 4 is 17.6 Å². The van der Waals surface area contributed by atoms with Crippen LogP contribution in [0.3, 0.4) is 0 Å². The Hall–Kier alpha value is -1.74. The summed E-state index contributed by atoms with van der Waals surface area (Å²) in [5, 5.41) is 8.85. The minimum atomic E-state index is -2.77. The second kappa shape index (κ2) is 6.26. The van der Waals surface area contributed by atoms with Crippen molar-refractivity contribution in [3.8, 4) is 6.07 Å². The molecule has 1 aromatic heterocycles. The molecule has 0 saturated heterocycles. The summed E-state index contributed by atoms with van der Waals surface area (Å²) in [7, 11) is 1.18. The average molecular weight is 275 g/mol. The van der Waals surface area contributed by atoms with E-state index in [0.717, 1.165) is 6.07 Å². The summed E-state index contributed by atoms with van der Waals surface area (Å²) in [6.45, 7) is 0. The molecule has 0 radical (unpaired) electrons. The van der Waals surface area contributed by atoms with Gasteiger partial charge in [-0.1, -0.05) is 0 Å². The Bertz CT molecular complexity index is 501. The van der Waals surface area contributed by atoms with Crippen molar-refractivity contribution in [1.29, 1.82) is 5.26 Å². The highest BCUT2D eigenvalue weighted by Gasteiger charge is 2.19. The van der Waals surface area contributed by atoms with Crippen molar-refractivity contribution in [2.24, 2.45) is 0 Å². The molecule has 0 spiro atoms. The molecule has 0 bridgehead atoms. The van der Waals surface area contributed by atoms with Crippen LogP contribution in [0.4, 0.5) is 8.78 Å². The van der Waals surface area contributed by atoms with Gasteiger partial charge in [-0.15, -0.1) is 11.6 Å². The van der Waals surface area contributed by atoms with Crippen LogP contribution in [0.1, 0.15) is 28.9 Å². The van der Waals surface area contributed by atoms with Crippen LogP contribution in [0.5, 0.6) is 0 Å². The second-order valence-corrected chi connectivity index (χ2v) is 3.58. The maximum atomic E-state index is 12.7. The average Bonchev–Trinajstić information content (AvgIpc) is 2.37. The molecule has 0 aliphatic carbocycles. The van der Waals surface area contributed by atoms with E-state index in [4.69, 9.17) is 16.9 Å². The summed E-state index contributed by atoms with van der Waals surface area (Å²) in [5.41, 5.74) is -0.422. The van der Waals surface area contributed by atoms with Gasteiger partial charge in [0.15, 0.2) is 0 Å². The van der Waals surface area contributed by atoms with Crippen molar-refractivity contribution in [1.82, 2.24) is 4.98 Å². The molecule has 18 heavy (non-hydrogen) atoms. The molecule has 0 aliphatic rings. The molecule has 1 heterocycles. The topological polar surface area (TPSA) is 63.0 Å².